The Hall–Kier alpha value is -8.90. The molecule has 0 radical (unpaired) electrons. The Balaban J connectivity index is 1.37. The molecule has 1 fully saturated rings. The van der Waals surface area contributed by atoms with E-state index in [0.717, 1.165) is 5.56 Å². The first kappa shape index (κ1) is 62.9. The van der Waals surface area contributed by atoms with Crippen molar-refractivity contribution in [3.8, 4) is 11.5 Å². The average molecular weight is 1120 g/mol. The Bertz CT molecular complexity index is 2790. The van der Waals surface area contributed by atoms with Crippen LogP contribution in [0.5, 0.6) is 11.5 Å². The number of carboxylic acids is 1. The number of nitrogens with one attached hydrogen (secondary N) is 6. The molecule has 0 unspecified atom stereocenters. The minimum atomic E-state index is -1.51. The van der Waals surface area contributed by atoms with Gasteiger partial charge in [-0.05, 0) is 104 Å². The van der Waals surface area contributed by atoms with E-state index in [1.807, 2.05) is 0 Å². The number of hydrogen-bond acceptors (Lipinski definition) is 14. The summed E-state index contributed by atoms with van der Waals surface area (Å²) >= 11 is 0. The number of aliphatic carboxylic acids is 1. The molecule has 8 atom stereocenters. The maximum absolute atomic E-state index is 14.8. The van der Waals surface area contributed by atoms with Gasteiger partial charge in [0.15, 0.2) is 0 Å². The largest absolute Gasteiger partial charge is 0.508 e. The number of nitrogens with two attached hydrogens (primary N) is 4. The van der Waals surface area contributed by atoms with Crippen molar-refractivity contribution in [1.29, 1.82) is 0 Å². The fourth-order valence-electron chi connectivity index (χ4n) is 9.17. The minimum Gasteiger partial charge on any atom is -0.508 e. The van der Waals surface area contributed by atoms with E-state index < -0.39 is 114 Å². The summed E-state index contributed by atoms with van der Waals surface area (Å²) in [4.78, 5) is 137. The van der Waals surface area contributed by atoms with Crippen LogP contribution in [-0.2, 0) is 73.6 Å². The zero-order valence-corrected chi connectivity index (χ0v) is 44.8. The molecule has 0 aromatic heterocycles. The van der Waals surface area contributed by atoms with Gasteiger partial charge in [0.25, 0.3) is 0 Å². The van der Waals surface area contributed by atoms with Crippen molar-refractivity contribution >= 4 is 59.1 Å². The zero-order chi connectivity index (χ0) is 59.0. The number of phenols is 2. The molecule has 24 nitrogen and oxygen atoms in total. The highest BCUT2D eigenvalue weighted by Crippen LogP contribution is 2.22. The Labute approximate surface area is 468 Å². The molecule has 0 spiro atoms. The first-order valence-corrected chi connectivity index (χ1v) is 26.7. The second kappa shape index (κ2) is 31.6. The summed E-state index contributed by atoms with van der Waals surface area (Å²) in [5, 5.41) is 45.3. The van der Waals surface area contributed by atoms with Crippen LogP contribution in [0, 0.1) is 0 Å². The van der Waals surface area contributed by atoms with Crippen LogP contribution in [0.2, 0.25) is 0 Å². The highest BCUT2D eigenvalue weighted by atomic mass is 16.4. The van der Waals surface area contributed by atoms with Gasteiger partial charge in [0.05, 0.1) is 6.04 Å². The van der Waals surface area contributed by atoms with Crippen LogP contribution in [-0.4, -0.2) is 141 Å². The van der Waals surface area contributed by atoms with Crippen molar-refractivity contribution in [3.05, 3.63) is 131 Å². The molecule has 0 aliphatic carbocycles. The molecular weight excluding hydrogens is 1050 g/mol. The molecule has 1 aliphatic heterocycles. The van der Waals surface area contributed by atoms with Crippen LogP contribution in [0.3, 0.4) is 0 Å². The third kappa shape index (κ3) is 20.7. The predicted molar refractivity (Wildman–Crippen MR) is 296 cm³/mol. The number of unbranched alkanes of at least 4 members (excludes halogenated alkanes) is 1. The summed E-state index contributed by atoms with van der Waals surface area (Å²) < 4.78 is 0. The Morgan fingerprint density at radius 1 is 0.494 bits per heavy atom. The number of likely N-dealkylation sites (tertiary alicyclic amines) is 1. The molecule has 9 amide bonds. The van der Waals surface area contributed by atoms with Crippen molar-refractivity contribution in [3.63, 3.8) is 0 Å². The first-order chi connectivity index (χ1) is 38.7. The fraction of sp³-hybridized carbons (Fsp3) is 0.404. The number of primary amides is 2. The molecular formula is C57H73N11O13. The summed E-state index contributed by atoms with van der Waals surface area (Å²) in [6.07, 6.45) is -0.580. The van der Waals surface area contributed by atoms with E-state index in [1.54, 1.807) is 60.7 Å². The molecule has 24 heteroatoms. The van der Waals surface area contributed by atoms with Crippen LogP contribution in [0.15, 0.2) is 109 Å². The number of phenolic OH excluding ortho intramolecular Hbond substituents is 2. The van der Waals surface area contributed by atoms with Crippen molar-refractivity contribution in [1.82, 2.24) is 36.8 Å². The summed E-state index contributed by atoms with van der Waals surface area (Å²) in [5.74, 6) is -8.87. The molecule has 1 saturated heterocycles. The summed E-state index contributed by atoms with van der Waals surface area (Å²) in [6.45, 7) is 0.260. The van der Waals surface area contributed by atoms with Crippen molar-refractivity contribution in [2.75, 3.05) is 13.1 Å². The SMILES string of the molecule is NCCCC[C@H](NC(=O)[C@H](CCC(N)=O)NC(=O)[C@H](Cc1ccc(O)cc1)NC(=O)[C@@H](N)Cc1ccccc1)C(=O)N[C@@H](Cc1ccccc1)C(=O)N1CCC[C@H]1C(=O)N[C@@H](CCC(N)=O)C(=O)N[C@@H](Cc1ccc(O)cc1)C(=O)O. The lowest BCUT2D eigenvalue weighted by molar-refractivity contribution is -0.143. The van der Waals surface area contributed by atoms with Gasteiger partial charge in [-0.3, -0.25) is 43.2 Å². The molecule has 5 rings (SSSR count). The monoisotopic (exact) mass is 1120 g/mol. The average Bonchev–Trinajstić information content (AvgIpc) is 3.94. The number of amides is 9. The second-order valence-corrected chi connectivity index (χ2v) is 19.9. The van der Waals surface area contributed by atoms with Gasteiger partial charge < -0.3 is 75.1 Å². The first-order valence-electron chi connectivity index (χ1n) is 26.7. The Morgan fingerprint density at radius 3 is 1.40 bits per heavy atom. The Morgan fingerprint density at radius 2 is 0.901 bits per heavy atom. The van der Waals surface area contributed by atoms with Gasteiger partial charge in [-0.2, -0.15) is 0 Å². The number of aromatic hydroxyl groups is 2. The smallest absolute Gasteiger partial charge is 0.326 e. The van der Waals surface area contributed by atoms with Crippen LogP contribution < -0.4 is 54.8 Å². The van der Waals surface area contributed by atoms with Gasteiger partial charge >= 0.3 is 5.97 Å². The van der Waals surface area contributed by atoms with E-state index in [1.165, 1.54) is 53.4 Å². The topological polar surface area (TPSA) is 411 Å². The van der Waals surface area contributed by atoms with Crippen molar-refractivity contribution in [2.45, 2.75) is 132 Å². The third-order valence-electron chi connectivity index (χ3n) is 13.6. The van der Waals surface area contributed by atoms with Crippen LogP contribution in [0.25, 0.3) is 0 Å². The number of carbonyl (C=O) groups is 10. The Kier molecular flexibility index (Phi) is 24.6. The fourth-order valence-corrected chi connectivity index (χ4v) is 9.17. The molecule has 0 bridgehead atoms. The minimum absolute atomic E-state index is 0.0163. The number of benzene rings is 4. The lowest BCUT2D eigenvalue weighted by Crippen LogP contribution is -2.60. The lowest BCUT2D eigenvalue weighted by atomic mass is 10.0. The second-order valence-electron chi connectivity index (χ2n) is 19.9. The van der Waals surface area contributed by atoms with Crippen LogP contribution in [0.4, 0.5) is 0 Å². The normalized spacial score (nSPS) is 15.5. The maximum atomic E-state index is 14.8. The molecule has 1 aliphatic rings. The van der Waals surface area contributed by atoms with E-state index in [0.29, 0.717) is 36.0 Å². The quantitative estimate of drug-likeness (QED) is 0.0270. The molecule has 0 saturated carbocycles. The maximum Gasteiger partial charge on any atom is 0.326 e. The molecule has 4 aromatic rings. The number of carboxylic acid groups (broad SMARTS) is 1. The highest BCUT2D eigenvalue weighted by molar-refractivity contribution is 5.98. The van der Waals surface area contributed by atoms with Crippen molar-refractivity contribution < 1.29 is 63.3 Å². The standard InChI is InChI=1S/C57H73N11O13/c58-28-8-7-14-41(62-52(75)42(24-26-48(60)71)63-54(77)44(31-36-16-20-38(69)21-17-36)65-50(73)40(59)30-34-10-3-1-4-11-34)51(74)66-45(32-35-12-5-2-6-13-35)56(79)68-29-9-15-47(68)55(78)64-43(25-27-49(61)72)53(76)67-46(57(80)81)33-37-18-22-39(70)23-19-37/h1-6,10-13,16-23,40-47,69-70H,7-9,14-15,24-33,58-59H2,(H2,60,71)(H2,61,72)(H,62,75)(H,63,77)(H,64,78)(H,65,73)(H,66,74)(H,67,76)(H,80,81)/t40-,41-,42-,43-,44-,45-,46-,47-/m0/s1. The van der Waals surface area contributed by atoms with E-state index in [4.69, 9.17) is 22.9 Å². The van der Waals surface area contributed by atoms with E-state index in [9.17, 15) is 63.3 Å². The molecule has 4 aromatic carbocycles. The van der Waals surface area contributed by atoms with Gasteiger partial charge in [0.2, 0.25) is 53.2 Å². The summed E-state index contributed by atoms with van der Waals surface area (Å²) in [6, 6.07) is 18.2. The molecule has 1 heterocycles. The van der Waals surface area contributed by atoms with Gasteiger partial charge in [-0.25, -0.2) is 4.79 Å². The summed E-state index contributed by atoms with van der Waals surface area (Å²) in [5.41, 5.74) is 25.4. The van der Waals surface area contributed by atoms with Gasteiger partial charge in [-0.1, -0.05) is 84.9 Å². The van der Waals surface area contributed by atoms with Crippen molar-refractivity contribution in [2.24, 2.45) is 22.9 Å². The van der Waals surface area contributed by atoms with Gasteiger partial charge in [0, 0.05) is 38.6 Å². The predicted octanol–water partition coefficient (Wildman–Crippen LogP) is -0.660. The van der Waals surface area contributed by atoms with Gasteiger partial charge in [0.1, 0.15) is 53.8 Å². The molecule has 434 valence electrons. The van der Waals surface area contributed by atoms with Crippen LogP contribution in [0.1, 0.15) is 80.0 Å². The number of hydrogen-bond donors (Lipinski definition) is 13. The van der Waals surface area contributed by atoms with Crippen LogP contribution >= 0.6 is 0 Å². The molecule has 17 N–H and O–H groups in total. The molecule has 81 heavy (non-hydrogen) atoms. The summed E-state index contributed by atoms with van der Waals surface area (Å²) in [7, 11) is 0. The highest BCUT2D eigenvalue weighted by Gasteiger charge is 2.40. The third-order valence-corrected chi connectivity index (χ3v) is 13.6. The number of carbonyl (C=O) groups excluding carboxylic acids is 9. The van der Waals surface area contributed by atoms with E-state index in [-0.39, 0.29) is 82.4 Å². The zero-order valence-electron chi connectivity index (χ0n) is 44.8. The lowest BCUT2D eigenvalue weighted by Gasteiger charge is -2.31. The number of nitrogens with zero attached hydrogens (tertiary/aromatic N) is 1. The van der Waals surface area contributed by atoms with Gasteiger partial charge in [-0.15, -0.1) is 0 Å². The number of rotatable bonds is 32. The van der Waals surface area contributed by atoms with E-state index in [2.05, 4.69) is 31.9 Å². The van der Waals surface area contributed by atoms with E-state index >= 15 is 0 Å².